The van der Waals surface area contributed by atoms with Gasteiger partial charge >= 0.3 is 0 Å². The smallest absolute Gasteiger partial charge is 0.245 e. The SMILES string of the molecule is CC/C(=N/OC)c1ccn2c(-c3cccc(CC(=O)CCC(C)(F)F)c3)cnc2c1. The zero-order valence-electron chi connectivity index (χ0n) is 17.4. The first-order valence-electron chi connectivity index (χ1n) is 9.87. The summed E-state index contributed by atoms with van der Waals surface area (Å²) in [6.45, 7) is 2.84. The molecule has 0 unspecified atom stereocenters. The average Bonchev–Trinajstić information content (AvgIpc) is 3.13. The highest BCUT2D eigenvalue weighted by atomic mass is 19.3. The second-order valence-corrected chi connectivity index (χ2v) is 7.35. The Morgan fingerprint density at radius 1 is 1.27 bits per heavy atom. The van der Waals surface area contributed by atoms with E-state index < -0.39 is 12.3 Å². The second-order valence-electron chi connectivity index (χ2n) is 7.35. The fraction of sp³-hybridized carbons (Fsp3) is 0.348. The molecule has 0 atom stereocenters. The van der Waals surface area contributed by atoms with Crippen LogP contribution in [0.5, 0.6) is 0 Å². The number of imidazole rings is 1. The van der Waals surface area contributed by atoms with E-state index in [9.17, 15) is 13.6 Å². The number of fused-ring (bicyclic) bond motifs is 1. The molecule has 0 bridgehead atoms. The number of oxime groups is 1. The van der Waals surface area contributed by atoms with Gasteiger partial charge in [-0.05, 0) is 37.1 Å². The number of hydrogen-bond acceptors (Lipinski definition) is 4. The molecule has 0 N–H and O–H groups in total. The van der Waals surface area contributed by atoms with Crippen molar-refractivity contribution in [3.8, 4) is 11.3 Å². The van der Waals surface area contributed by atoms with Gasteiger partial charge in [0.25, 0.3) is 0 Å². The molecule has 7 heteroatoms. The third-order valence-electron chi connectivity index (χ3n) is 4.85. The summed E-state index contributed by atoms with van der Waals surface area (Å²) in [6, 6.07) is 11.4. The van der Waals surface area contributed by atoms with E-state index in [-0.39, 0.29) is 18.6 Å². The van der Waals surface area contributed by atoms with Gasteiger partial charge in [0.15, 0.2) is 0 Å². The van der Waals surface area contributed by atoms with Crippen molar-refractivity contribution in [1.29, 1.82) is 0 Å². The van der Waals surface area contributed by atoms with Gasteiger partial charge in [0, 0.05) is 36.6 Å². The third kappa shape index (κ3) is 5.28. The number of benzene rings is 1. The van der Waals surface area contributed by atoms with E-state index in [1.54, 1.807) is 6.20 Å². The molecule has 158 valence electrons. The summed E-state index contributed by atoms with van der Waals surface area (Å²) in [6.07, 6.45) is 4.02. The van der Waals surface area contributed by atoms with Crippen LogP contribution in [0.1, 0.15) is 44.2 Å². The minimum atomic E-state index is -2.82. The Labute approximate surface area is 174 Å². The van der Waals surface area contributed by atoms with Crippen molar-refractivity contribution in [3.63, 3.8) is 0 Å². The fourth-order valence-electron chi connectivity index (χ4n) is 3.32. The van der Waals surface area contributed by atoms with Gasteiger partial charge in [-0.15, -0.1) is 0 Å². The molecular weight excluding hydrogens is 388 g/mol. The van der Waals surface area contributed by atoms with E-state index in [0.717, 1.165) is 47.1 Å². The van der Waals surface area contributed by atoms with Crippen LogP contribution in [-0.2, 0) is 16.1 Å². The lowest BCUT2D eigenvalue weighted by molar-refractivity contribution is -0.120. The van der Waals surface area contributed by atoms with E-state index in [4.69, 9.17) is 4.84 Å². The van der Waals surface area contributed by atoms with Crippen LogP contribution in [0.25, 0.3) is 16.9 Å². The summed E-state index contributed by atoms with van der Waals surface area (Å²) >= 11 is 0. The number of pyridine rings is 1. The lowest BCUT2D eigenvalue weighted by atomic mass is 10.0. The Morgan fingerprint density at radius 3 is 2.77 bits per heavy atom. The largest absolute Gasteiger partial charge is 0.399 e. The van der Waals surface area contributed by atoms with Crippen molar-refractivity contribution in [2.45, 2.75) is 45.5 Å². The predicted molar refractivity (Wildman–Crippen MR) is 113 cm³/mol. The van der Waals surface area contributed by atoms with Gasteiger partial charge in [-0.1, -0.05) is 30.3 Å². The number of hydrogen-bond donors (Lipinski definition) is 0. The highest BCUT2D eigenvalue weighted by Crippen LogP contribution is 2.24. The van der Waals surface area contributed by atoms with Crippen molar-refractivity contribution >= 4 is 17.1 Å². The summed E-state index contributed by atoms with van der Waals surface area (Å²) in [4.78, 5) is 21.5. The molecule has 1 aromatic carbocycles. The number of rotatable bonds is 9. The minimum absolute atomic E-state index is 0.130. The van der Waals surface area contributed by atoms with Crippen LogP contribution < -0.4 is 0 Å². The molecule has 2 heterocycles. The summed E-state index contributed by atoms with van der Waals surface area (Å²) < 4.78 is 27.9. The number of Topliss-reactive ketones (excluding diaryl/α,β-unsaturated/α-hetero) is 1. The van der Waals surface area contributed by atoms with Crippen molar-refractivity contribution in [2.24, 2.45) is 5.16 Å². The molecule has 0 saturated heterocycles. The van der Waals surface area contributed by atoms with Crippen LogP contribution in [0.4, 0.5) is 8.78 Å². The molecule has 3 rings (SSSR count). The normalized spacial score (nSPS) is 12.4. The molecule has 3 aromatic rings. The maximum Gasteiger partial charge on any atom is 0.245 e. The maximum atomic E-state index is 13.0. The number of carbonyl (C=O) groups is 1. The maximum absolute atomic E-state index is 13.0. The monoisotopic (exact) mass is 413 g/mol. The number of ketones is 1. The molecule has 0 fully saturated rings. The van der Waals surface area contributed by atoms with Crippen LogP contribution >= 0.6 is 0 Å². The Bertz CT molecular complexity index is 1070. The first-order chi connectivity index (χ1) is 14.3. The number of alkyl halides is 2. The van der Waals surface area contributed by atoms with E-state index in [2.05, 4.69) is 10.1 Å². The van der Waals surface area contributed by atoms with Crippen LogP contribution in [0.2, 0.25) is 0 Å². The first-order valence-corrected chi connectivity index (χ1v) is 9.87. The Balaban J connectivity index is 1.83. The van der Waals surface area contributed by atoms with Crippen LogP contribution in [0.15, 0.2) is 53.9 Å². The Morgan fingerprint density at radius 2 is 2.07 bits per heavy atom. The highest BCUT2D eigenvalue weighted by molar-refractivity contribution is 6.00. The standard InChI is InChI=1S/C23H25F2N3O2/c1-4-20(27-30-3)17-9-11-28-21(15-26-22(28)14-17)18-7-5-6-16(12-18)13-19(29)8-10-23(2,24)25/h5-7,9,11-12,14-15H,4,8,10,13H2,1-3H3/b27-20-. The quantitative estimate of drug-likeness (QED) is 0.353. The van der Waals surface area contributed by atoms with Gasteiger partial charge in [0.1, 0.15) is 18.5 Å². The van der Waals surface area contributed by atoms with Gasteiger partial charge in [0.2, 0.25) is 5.92 Å². The average molecular weight is 413 g/mol. The van der Waals surface area contributed by atoms with Gasteiger partial charge in [-0.2, -0.15) is 0 Å². The molecule has 5 nitrogen and oxygen atoms in total. The number of aromatic nitrogens is 2. The van der Waals surface area contributed by atoms with Crippen molar-refractivity contribution in [3.05, 3.63) is 59.9 Å². The lowest BCUT2D eigenvalue weighted by Gasteiger charge is -2.09. The van der Waals surface area contributed by atoms with Crippen LogP contribution in [0, 0.1) is 0 Å². The van der Waals surface area contributed by atoms with E-state index >= 15 is 0 Å². The second kappa shape index (κ2) is 9.15. The van der Waals surface area contributed by atoms with Crippen LogP contribution in [0.3, 0.4) is 0 Å². The lowest BCUT2D eigenvalue weighted by Crippen LogP contribution is -2.13. The molecule has 0 saturated carbocycles. The van der Waals surface area contributed by atoms with Crippen molar-refractivity contribution in [1.82, 2.24) is 9.38 Å². The molecule has 0 aliphatic heterocycles. The number of halogens is 2. The molecule has 0 amide bonds. The number of nitrogens with zero attached hydrogens (tertiary/aromatic N) is 3. The molecule has 0 spiro atoms. The van der Waals surface area contributed by atoms with Gasteiger partial charge in [-0.3, -0.25) is 9.20 Å². The summed E-state index contributed by atoms with van der Waals surface area (Å²) in [5, 5.41) is 4.05. The Kier molecular flexibility index (Phi) is 6.59. The minimum Gasteiger partial charge on any atom is -0.399 e. The van der Waals surface area contributed by atoms with E-state index in [1.807, 2.05) is 53.9 Å². The number of carbonyl (C=O) groups excluding carboxylic acids is 1. The predicted octanol–water partition coefficient (Wildman–Crippen LogP) is 5.31. The molecular formula is C23H25F2N3O2. The molecule has 0 aliphatic rings. The molecule has 0 radical (unpaired) electrons. The van der Waals surface area contributed by atoms with E-state index in [1.165, 1.54) is 7.11 Å². The van der Waals surface area contributed by atoms with Crippen LogP contribution in [-0.4, -0.2) is 33.9 Å². The topological polar surface area (TPSA) is 56.0 Å². The summed E-state index contributed by atoms with van der Waals surface area (Å²) in [5.74, 6) is -3.01. The van der Waals surface area contributed by atoms with E-state index in [0.29, 0.717) is 0 Å². The molecule has 30 heavy (non-hydrogen) atoms. The molecule has 2 aromatic heterocycles. The summed E-state index contributed by atoms with van der Waals surface area (Å²) in [5.41, 5.74) is 5.13. The fourth-order valence-corrected chi connectivity index (χ4v) is 3.32. The third-order valence-corrected chi connectivity index (χ3v) is 4.85. The van der Waals surface area contributed by atoms with Gasteiger partial charge < -0.3 is 4.84 Å². The van der Waals surface area contributed by atoms with Crippen molar-refractivity contribution < 1.29 is 18.4 Å². The van der Waals surface area contributed by atoms with Crippen molar-refractivity contribution in [2.75, 3.05) is 7.11 Å². The van der Waals surface area contributed by atoms with Gasteiger partial charge in [-0.25, -0.2) is 13.8 Å². The zero-order valence-corrected chi connectivity index (χ0v) is 17.4. The molecule has 0 aliphatic carbocycles. The Hall–Kier alpha value is -3.09. The highest BCUT2D eigenvalue weighted by Gasteiger charge is 2.22. The summed E-state index contributed by atoms with van der Waals surface area (Å²) in [7, 11) is 1.52. The zero-order chi connectivity index (χ0) is 21.7. The first kappa shape index (κ1) is 21.6. The van der Waals surface area contributed by atoms with Gasteiger partial charge in [0.05, 0.1) is 17.6 Å².